The summed E-state index contributed by atoms with van der Waals surface area (Å²) in [6.07, 6.45) is 5.40. The minimum Gasteiger partial charge on any atom is -0.507 e. The number of hydrogen-bond donors (Lipinski definition) is 3. The van der Waals surface area contributed by atoms with Crippen LogP contribution in [0.3, 0.4) is 0 Å². The largest absolute Gasteiger partial charge is 0.507 e. The fourth-order valence-electron chi connectivity index (χ4n) is 3.81. The van der Waals surface area contributed by atoms with Gasteiger partial charge in [0.05, 0.1) is 11.1 Å². The Labute approximate surface area is 179 Å². The Morgan fingerprint density at radius 3 is 2.41 bits per heavy atom. The van der Waals surface area contributed by atoms with Gasteiger partial charge in [-0.15, -0.1) is 0 Å². The predicted molar refractivity (Wildman–Crippen MR) is 117 cm³/mol. The van der Waals surface area contributed by atoms with Crippen molar-refractivity contribution < 1.29 is 9.90 Å². The van der Waals surface area contributed by atoms with Gasteiger partial charge in [-0.2, -0.15) is 0 Å². The van der Waals surface area contributed by atoms with E-state index in [1.54, 1.807) is 18.3 Å². The first-order valence-electron chi connectivity index (χ1n) is 9.60. The number of nitrogens with zero attached hydrogens (tertiary/aromatic N) is 1. The normalized spacial score (nSPS) is 19.1. The molecule has 1 aliphatic rings. The zero-order valence-electron chi connectivity index (χ0n) is 15.7. The van der Waals surface area contributed by atoms with Crippen LogP contribution in [0.25, 0.3) is 10.9 Å². The minimum atomic E-state index is -0.271. The summed E-state index contributed by atoms with van der Waals surface area (Å²) in [5.74, 6) is -0.373. The summed E-state index contributed by atoms with van der Waals surface area (Å²) >= 11 is 11.9. The molecule has 4 rings (SSSR count). The minimum absolute atomic E-state index is 0.0867. The van der Waals surface area contributed by atoms with Gasteiger partial charge in [-0.05, 0) is 68.1 Å². The lowest BCUT2D eigenvalue weighted by molar-refractivity contribution is 0.0924. The van der Waals surface area contributed by atoms with Crippen LogP contribution in [-0.2, 0) is 0 Å². The molecule has 0 radical (unpaired) electrons. The summed E-state index contributed by atoms with van der Waals surface area (Å²) in [6, 6.07) is 12.6. The highest BCUT2D eigenvalue weighted by Gasteiger charge is 2.24. The van der Waals surface area contributed by atoms with E-state index in [2.05, 4.69) is 15.6 Å². The third kappa shape index (κ3) is 4.57. The number of benzene rings is 2. The lowest BCUT2D eigenvalue weighted by Gasteiger charge is -2.30. The molecule has 1 fully saturated rings. The Hall–Kier alpha value is -2.50. The van der Waals surface area contributed by atoms with Crippen molar-refractivity contribution in [2.45, 2.75) is 37.8 Å². The molecule has 0 saturated heterocycles. The number of carbonyl (C=O) groups is 1. The summed E-state index contributed by atoms with van der Waals surface area (Å²) in [5, 5.41) is 18.7. The van der Waals surface area contributed by atoms with Crippen molar-refractivity contribution in [3.63, 3.8) is 0 Å². The van der Waals surface area contributed by atoms with Crippen molar-refractivity contribution in [3.8, 4) is 5.75 Å². The van der Waals surface area contributed by atoms with Crippen LogP contribution in [0.1, 0.15) is 36.0 Å². The molecule has 3 aromatic rings. The fraction of sp³-hybridized carbons (Fsp3) is 0.273. The second-order valence-electron chi connectivity index (χ2n) is 7.35. The third-order valence-corrected chi connectivity index (χ3v) is 5.80. The van der Waals surface area contributed by atoms with Crippen LogP contribution < -0.4 is 10.6 Å². The number of phenolic OH excluding ortho intramolecular Hbond substituents is 1. The Bertz CT molecular complexity index is 1050. The maximum absolute atomic E-state index is 12.4. The molecule has 7 heteroatoms. The molecule has 1 amide bonds. The molecular formula is C22H21Cl2N3O2. The molecule has 1 aromatic heterocycles. The Balaban J connectivity index is 1.36. The van der Waals surface area contributed by atoms with E-state index in [-0.39, 0.29) is 23.3 Å². The first-order chi connectivity index (χ1) is 14.0. The van der Waals surface area contributed by atoms with Crippen LogP contribution >= 0.6 is 23.2 Å². The standard InChI is InChI=1S/C22H21Cl2N3O2/c23-13-1-7-17-19(9-10-25-20(17)11-13)26-15-3-5-16(6-4-15)27-22(29)18-8-2-14(24)12-21(18)28/h1-2,7-12,15-16,28H,3-6H2,(H,25,26)(H,27,29). The lowest BCUT2D eigenvalue weighted by Crippen LogP contribution is -2.40. The average molecular weight is 430 g/mol. The number of halogens is 2. The first-order valence-corrected chi connectivity index (χ1v) is 10.4. The SMILES string of the molecule is O=C(NC1CCC(Nc2ccnc3cc(Cl)ccc23)CC1)c1ccc(Cl)cc1O. The van der Waals surface area contributed by atoms with E-state index in [1.165, 1.54) is 6.07 Å². The van der Waals surface area contributed by atoms with Crippen LogP contribution in [0.2, 0.25) is 10.0 Å². The molecule has 0 aliphatic heterocycles. The van der Waals surface area contributed by atoms with E-state index < -0.39 is 0 Å². The van der Waals surface area contributed by atoms with E-state index in [4.69, 9.17) is 23.2 Å². The monoisotopic (exact) mass is 429 g/mol. The topological polar surface area (TPSA) is 74.2 Å². The molecule has 0 bridgehead atoms. The highest BCUT2D eigenvalue weighted by atomic mass is 35.5. The Kier molecular flexibility index (Phi) is 5.79. The highest BCUT2D eigenvalue weighted by Crippen LogP contribution is 2.29. The molecule has 29 heavy (non-hydrogen) atoms. The van der Waals surface area contributed by atoms with Crippen molar-refractivity contribution in [2.24, 2.45) is 0 Å². The van der Waals surface area contributed by atoms with Gasteiger partial charge < -0.3 is 15.7 Å². The molecule has 0 spiro atoms. The summed E-state index contributed by atoms with van der Waals surface area (Å²) in [5.41, 5.74) is 2.16. The number of amides is 1. The first kappa shape index (κ1) is 19.8. The van der Waals surface area contributed by atoms with Crippen LogP contribution in [0, 0.1) is 0 Å². The third-order valence-electron chi connectivity index (χ3n) is 5.33. The van der Waals surface area contributed by atoms with E-state index in [9.17, 15) is 9.90 Å². The number of hydrogen-bond acceptors (Lipinski definition) is 4. The maximum atomic E-state index is 12.4. The summed E-state index contributed by atoms with van der Waals surface area (Å²) in [6.45, 7) is 0. The number of pyridine rings is 1. The maximum Gasteiger partial charge on any atom is 0.255 e. The number of aromatic hydroxyl groups is 1. The molecular weight excluding hydrogens is 409 g/mol. The van der Waals surface area contributed by atoms with E-state index in [1.807, 2.05) is 24.3 Å². The van der Waals surface area contributed by atoms with Gasteiger partial charge in [-0.3, -0.25) is 9.78 Å². The quantitative estimate of drug-likeness (QED) is 0.518. The van der Waals surface area contributed by atoms with Crippen molar-refractivity contribution >= 4 is 45.7 Å². The van der Waals surface area contributed by atoms with Gasteiger partial charge in [0.1, 0.15) is 5.75 Å². The van der Waals surface area contributed by atoms with Gasteiger partial charge in [0.2, 0.25) is 0 Å². The highest BCUT2D eigenvalue weighted by molar-refractivity contribution is 6.31. The second-order valence-corrected chi connectivity index (χ2v) is 8.22. The van der Waals surface area contributed by atoms with E-state index in [0.717, 1.165) is 42.3 Å². The smallest absolute Gasteiger partial charge is 0.255 e. The van der Waals surface area contributed by atoms with Crippen LogP contribution in [0.15, 0.2) is 48.7 Å². The average Bonchev–Trinajstić information content (AvgIpc) is 2.69. The number of rotatable bonds is 4. The molecule has 1 saturated carbocycles. The van der Waals surface area contributed by atoms with Gasteiger partial charge in [0, 0.05) is 39.4 Å². The number of nitrogens with one attached hydrogen (secondary N) is 2. The number of anilines is 1. The number of phenols is 1. The van der Waals surface area contributed by atoms with E-state index in [0.29, 0.717) is 16.1 Å². The van der Waals surface area contributed by atoms with Crippen molar-refractivity contribution in [1.29, 1.82) is 0 Å². The zero-order valence-corrected chi connectivity index (χ0v) is 17.2. The molecule has 150 valence electrons. The van der Waals surface area contributed by atoms with Crippen molar-refractivity contribution in [3.05, 3.63) is 64.3 Å². The van der Waals surface area contributed by atoms with Crippen LogP contribution in [-0.4, -0.2) is 28.1 Å². The van der Waals surface area contributed by atoms with Crippen LogP contribution in [0.4, 0.5) is 5.69 Å². The number of carbonyl (C=O) groups excluding carboxylic acids is 1. The molecule has 5 nitrogen and oxygen atoms in total. The Morgan fingerprint density at radius 2 is 1.66 bits per heavy atom. The molecule has 2 aromatic carbocycles. The van der Waals surface area contributed by atoms with E-state index >= 15 is 0 Å². The molecule has 0 unspecified atom stereocenters. The second kappa shape index (κ2) is 8.47. The van der Waals surface area contributed by atoms with Crippen molar-refractivity contribution in [1.82, 2.24) is 10.3 Å². The lowest BCUT2D eigenvalue weighted by atomic mass is 9.90. The van der Waals surface area contributed by atoms with Gasteiger partial charge >= 0.3 is 0 Å². The van der Waals surface area contributed by atoms with Gasteiger partial charge in [-0.25, -0.2) is 0 Å². The number of aromatic nitrogens is 1. The Morgan fingerprint density at radius 1 is 0.966 bits per heavy atom. The van der Waals surface area contributed by atoms with Crippen LogP contribution in [0.5, 0.6) is 5.75 Å². The van der Waals surface area contributed by atoms with Crippen molar-refractivity contribution in [2.75, 3.05) is 5.32 Å². The van der Waals surface area contributed by atoms with Gasteiger partial charge in [0.15, 0.2) is 0 Å². The molecule has 0 atom stereocenters. The molecule has 3 N–H and O–H groups in total. The molecule has 1 heterocycles. The number of fused-ring (bicyclic) bond motifs is 1. The summed E-state index contributed by atoms with van der Waals surface area (Å²) < 4.78 is 0. The zero-order chi connectivity index (χ0) is 20.4. The predicted octanol–water partition coefficient (Wildman–Crippen LogP) is 5.40. The van der Waals surface area contributed by atoms with Gasteiger partial charge in [0.25, 0.3) is 5.91 Å². The summed E-state index contributed by atoms with van der Waals surface area (Å²) in [4.78, 5) is 16.8. The summed E-state index contributed by atoms with van der Waals surface area (Å²) in [7, 11) is 0. The fourth-order valence-corrected chi connectivity index (χ4v) is 4.14. The molecule has 1 aliphatic carbocycles. The van der Waals surface area contributed by atoms with Gasteiger partial charge in [-0.1, -0.05) is 23.2 Å².